The van der Waals surface area contributed by atoms with Crippen molar-refractivity contribution < 1.29 is 64.6 Å². The first-order valence-electron chi connectivity index (χ1n) is 18.6. The highest BCUT2D eigenvalue weighted by molar-refractivity contribution is 5.76. The summed E-state index contributed by atoms with van der Waals surface area (Å²) >= 11 is 0. The van der Waals surface area contributed by atoms with Crippen LogP contribution < -0.4 is 5.32 Å². The molecular formula is C36H65NO13. The van der Waals surface area contributed by atoms with Gasteiger partial charge in [0, 0.05) is 6.42 Å². The third kappa shape index (κ3) is 15.2. The Morgan fingerprint density at radius 2 is 1.36 bits per heavy atom. The maximum absolute atomic E-state index is 12.9. The average Bonchev–Trinajstić information content (AvgIpc) is 3.11. The normalized spacial score (nSPS) is 31.7. The van der Waals surface area contributed by atoms with Crippen LogP contribution in [-0.2, 0) is 23.7 Å². The predicted octanol–water partition coefficient (Wildman–Crippen LogP) is 1.09. The van der Waals surface area contributed by atoms with Gasteiger partial charge in [-0.25, -0.2) is 0 Å². The van der Waals surface area contributed by atoms with Gasteiger partial charge in [0.1, 0.15) is 48.8 Å². The van der Waals surface area contributed by atoms with E-state index >= 15 is 0 Å². The van der Waals surface area contributed by atoms with E-state index in [1.807, 2.05) is 6.92 Å². The summed E-state index contributed by atoms with van der Waals surface area (Å²) in [6.07, 6.45) is 4.51. The molecule has 0 saturated carbocycles. The molecule has 2 aliphatic heterocycles. The smallest absolute Gasteiger partial charge is 0.220 e. The van der Waals surface area contributed by atoms with E-state index in [2.05, 4.69) is 36.5 Å². The third-order valence-corrected chi connectivity index (χ3v) is 9.15. The summed E-state index contributed by atoms with van der Waals surface area (Å²) in [6, 6.07) is -0.827. The van der Waals surface area contributed by atoms with Crippen molar-refractivity contribution in [2.45, 2.75) is 177 Å². The zero-order valence-corrected chi connectivity index (χ0v) is 29.9. The Morgan fingerprint density at radius 3 is 2.04 bits per heavy atom. The molecule has 2 fully saturated rings. The molecule has 0 bridgehead atoms. The van der Waals surface area contributed by atoms with Crippen molar-refractivity contribution in [1.29, 1.82) is 0 Å². The predicted molar refractivity (Wildman–Crippen MR) is 185 cm³/mol. The van der Waals surface area contributed by atoms with Crippen molar-refractivity contribution in [2.24, 2.45) is 0 Å². The van der Waals surface area contributed by atoms with Crippen LogP contribution >= 0.6 is 0 Å². The van der Waals surface area contributed by atoms with Gasteiger partial charge in [-0.05, 0) is 38.5 Å². The summed E-state index contributed by atoms with van der Waals surface area (Å²) in [6.45, 7) is 2.54. The Hall–Kier alpha value is -1.53. The van der Waals surface area contributed by atoms with Gasteiger partial charge in [-0.15, -0.1) is 0 Å². The topological polar surface area (TPSA) is 228 Å². The summed E-state index contributed by atoms with van der Waals surface area (Å²) in [4.78, 5) is 12.9. The average molecular weight is 720 g/mol. The Kier molecular flexibility index (Phi) is 22.7. The molecule has 14 heteroatoms. The first-order valence-corrected chi connectivity index (χ1v) is 18.6. The molecule has 0 aromatic heterocycles. The van der Waals surface area contributed by atoms with Crippen LogP contribution in [0.3, 0.4) is 0 Å². The number of carbonyl (C=O) groups excluding carboxylic acids is 1. The molecule has 2 rings (SSSR count). The number of carbonyl (C=O) groups is 1. The third-order valence-electron chi connectivity index (χ3n) is 9.15. The van der Waals surface area contributed by atoms with E-state index in [1.165, 1.54) is 0 Å². The van der Waals surface area contributed by atoms with Crippen LogP contribution in [-0.4, -0.2) is 140 Å². The number of aliphatic hydroxyl groups excluding tert-OH is 8. The number of ether oxygens (including phenoxy) is 4. The van der Waals surface area contributed by atoms with Crippen LogP contribution in [0, 0.1) is 0 Å². The van der Waals surface area contributed by atoms with Crippen molar-refractivity contribution in [3.8, 4) is 0 Å². The monoisotopic (exact) mass is 719 g/mol. The van der Waals surface area contributed by atoms with Crippen LogP contribution in [0.4, 0.5) is 0 Å². The quantitative estimate of drug-likeness (QED) is 0.0476. The highest BCUT2D eigenvalue weighted by Crippen LogP contribution is 2.29. The minimum absolute atomic E-state index is 0.237. The molecule has 0 radical (unpaired) electrons. The lowest BCUT2D eigenvalue weighted by Gasteiger charge is -2.46. The van der Waals surface area contributed by atoms with Crippen LogP contribution in [0.5, 0.6) is 0 Å². The highest BCUT2D eigenvalue weighted by atomic mass is 16.7. The lowest BCUT2D eigenvalue weighted by atomic mass is 9.97. The summed E-state index contributed by atoms with van der Waals surface area (Å²) in [5.74, 6) is -0.237. The van der Waals surface area contributed by atoms with Crippen LogP contribution in [0.1, 0.15) is 104 Å². The molecule has 50 heavy (non-hydrogen) atoms. The summed E-state index contributed by atoms with van der Waals surface area (Å²) in [5, 5.41) is 85.4. The molecule has 0 spiro atoms. The van der Waals surface area contributed by atoms with Gasteiger partial charge >= 0.3 is 0 Å². The molecule has 12 unspecified atom stereocenters. The largest absolute Gasteiger partial charge is 0.394 e. The van der Waals surface area contributed by atoms with Gasteiger partial charge in [-0.1, -0.05) is 83.1 Å². The molecule has 292 valence electrons. The van der Waals surface area contributed by atoms with Crippen LogP contribution in [0.15, 0.2) is 24.3 Å². The SMILES string of the molecule is CCC/C=C\C/C=C\CCCCCCCC(=O)NC(COC1OC(CO)C(OC2OC(CO)C(O)C(O)C2O)C(O)C1O)C(O)CCCCC. The summed E-state index contributed by atoms with van der Waals surface area (Å²) in [5.41, 5.74) is 0. The molecule has 2 heterocycles. The van der Waals surface area contributed by atoms with E-state index in [4.69, 9.17) is 18.9 Å². The minimum atomic E-state index is -1.78. The van der Waals surface area contributed by atoms with Gasteiger partial charge in [-0.3, -0.25) is 4.79 Å². The van der Waals surface area contributed by atoms with Gasteiger partial charge in [0.2, 0.25) is 5.91 Å². The second kappa shape index (κ2) is 25.4. The molecule has 9 N–H and O–H groups in total. The summed E-state index contributed by atoms with van der Waals surface area (Å²) < 4.78 is 22.4. The fourth-order valence-electron chi connectivity index (χ4n) is 5.98. The first kappa shape index (κ1) is 44.6. The Labute approximate surface area is 297 Å². The van der Waals surface area contributed by atoms with Crippen molar-refractivity contribution in [3.63, 3.8) is 0 Å². The van der Waals surface area contributed by atoms with Crippen molar-refractivity contribution in [2.75, 3.05) is 19.8 Å². The number of allylic oxidation sites excluding steroid dienone is 4. The van der Waals surface area contributed by atoms with E-state index in [1.54, 1.807) is 0 Å². The minimum Gasteiger partial charge on any atom is -0.394 e. The molecule has 1 amide bonds. The van der Waals surface area contributed by atoms with Gasteiger partial charge in [0.05, 0.1) is 32.0 Å². The van der Waals surface area contributed by atoms with E-state index in [9.17, 15) is 45.6 Å². The van der Waals surface area contributed by atoms with Gasteiger partial charge in [-0.2, -0.15) is 0 Å². The molecule has 0 aliphatic carbocycles. The van der Waals surface area contributed by atoms with Crippen LogP contribution in [0.2, 0.25) is 0 Å². The summed E-state index contributed by atoms with van der Waals surface area (Å²) in [7, 11) is 0. The number of amides is 1. The van der Waals surface area contributed by atoms with Crippen molar-refractivity contribution in [3.05, 3.63) is 24.3 Å². The standard InChI is InChI=1S/C36H65NO13/c1-3-5-7-8-9-10-11-12-13-14-15-16-18-20-28(41)37-24(25(40)19-17-6-4-2)23-47-35-33(46)31(44)34(27(22-39)49-35)50-36-32(45)30(43)29(42)26(21-38)48-36/h7-8,10-11,24-27,29-36,38-40,42-46H,3-6,9,12-23H2,1-2H3,(H,37,41)/b8-7-,11-10-. The molecule has 2 saturated heterocycles. The maximum atomic E-state index is 12.9. The Balaban J connectivity index is 1.87. The van der Waals surface area contributed by atoms with E-state index in [-0.39, 0.29) is 18.9 Å². The van der Waals surface area contributed by atoms with Gasteiger partial charge in [0.15, 0.2) is 12.6 Å². The number of unbranched alkanes of at least 4 members (excludes halogenated alkanes) is 8. The molecule has 2 aliphatic rings. The number of rotatable bonds is 25. The fourth-order valence-corrected chi connectivity index (χ4v) is 5.98. The molecule has 14 nitrogen and oxygen atoms in total. The van der Waals surface area contributed by atoms with Gasteiger partial charge < -0.3 is 65.1 Å². The molecule has 0 aromatic carbocycles. The zero-order valence-electron chi connectivity index (χ0n) is 29.9. The maximum Gasteiger partial charge on any atom is 0.220 e. The van der Waals surface area contributed by atoms with Crippen molar-refractivity contribution >= 4 is 5.91 Å². The fraction of sp³-hybridized carbons (Fsp3) is 0.861. The lowest BCUT2D eigenvalue weighted by Crippen LogP contribution is -2.65. The number of nitrogens with one attached hydrogen (secondary N) is 1. The van der Waals surface area contributed by atoms with Crippen molar-refractivity contribution in [1.82, 2.24) is 5.32 Å². The Bertz CT molecular complexity index is 951. The number of hydrogen-bond donors (Lipinski definition) is 9. The van der Waals surface area contributed by atoms with E-state index in [0.717, 1.165) is 70.6 Å². The zero-order chi connectivity index (χ0) is 36.9. The number of hydrogen-bond acceptors (Lipinski definition) is 13. The second-order valence-corrected chi connectivity index (χ2v) is 13.3. The molecular weight excluding hydrogens is 654 g/mol. The lowest BCUT2D eigenvalue weighted by molar-refractivity contribution is -0.359. The van der Waals surface area contributed by atoms with Gasteiger partial charge in [0.25, 0.3) is 0 Å². The second-order valence-electron chi connectivity index (χ2n) is 13.3. The first-order chi connectivity index (χ1) is 24.1. The Morgan fingerprint density at radius 1 is 0.720 bits per heavy atom. The van der Waals surface area contributed by atoms with E-state index in [0.29, 0.717) is 12.8 Å². The highest BCUT2D eigenvalue weighted by Gasteiger charge is 2.50. The van der Waals surface area contributed by atoms with E-state index < -0.39 is 86.8 Å². The molecule has 0 aromatic rings. The van der Waals surface area contributed by atoms with Crippen LogP contribution in [0.25, 0.3) is 0 Å². The molecule has 12 atom stereocenters. The number of aliphatic hydroxyl groups is 8.